The number of hydrogen-bond donors (Lipinski definition) is 2. The second-order valence-electron chi connectivity index (χ2n) is 6.08. The second-order valence-corrected chi connectivity index (χ2v) is 6.08. The maximum atomic E-state index is 12.0. The average Bonchev–Trinajstić information content (AvgIpc) is 2.72. The molecule has 4 amide bonds. The van der Waals surface area contributed by atoms with Crippen LogP contribution in [0.3, 0.4) is 0 Å². The third-order valence-corrected chi connectivity index (χ3v) is 4.00. The maximum absolute atomic E-state index is 12.0. The molecule has 29 heavy (non-hydrogen) atoms. The van der Waals surface area contributed by atoms with Crippen LogP contribution in [0.5, 0.6) is 5.75 Å². The van der Waals surface area contributed by atoms with Gasteiger partial charge in [0.15, 0.2) is 13.2 Å². The van der Waals surface area contributed by atoms with Crippen LogP contribution in [0.2, 0.25) is 0 Å². The molecular weight excluding hydrogens is 378 g/mol. The van der Waals surface area contributed by atoms with Crippen LogP contribution in [0, 0.1) is 0 Å². The van der Waals surface area contributed by atoms with E-state index < -0.39 is 24.5 Å². The first-order chi connectivity index (χ1) is 14.0. The van der Waals surface area contributed by atoms with Gasteiger partial charge in [0.05, 0.1) is 12.1 Å². The number of ether oxygens (including phenoxy) is 2. The highest BCUT2D eigenvalue weighted by molar-refractivity contribution is 6.02. The summed E-state index contributed by atoms with van der Waals surface area (Å²) in [7, 11) is 0. The fourth-order valence-electron chi connectivity index (χ4n) is 2.67. The number of fused-ring (bicyclic) bond motifs is 1. The third kappa shape index (κ3) is 5.55. The average molecular weight is 397 g/mol. The number of carbonyl (C=O) groups is 4. The van der Waals surface area contributed by atoms with E-state index in [4.69, 9.17) is 9.47 Å². The molecular formula is C20H19N3O6. The van der Waals surface area contributed by atoms with Crippen LogP contribution in [-0.4, -0.2) is 43.6 Å². The number of nitrogens with one attached hydrogen (secondary N) is 2. The molecule has 2 N–H and O–H groups in total. The summed E-state index contributed by atoms with van der Waals surface area (Å²) in [5.74, 6) is -1.14. The lowest BCUT2D eigenvalue weighted by Crippen LogP contribution is -2.40. The van der Waals surface area contributed by atoms with Gasteiger partial charge in [0.25, 0.3) is 11.8 Å². The largest absolute Gasteiger partial charge is 0.482 e. The van der Waals surface area contributed by atoms with Gasteiger partial charge in [0.1, 0.15) is 5.75 Å². The Morgan fingerprint density at radius 3 is 2.55 bits per heavy atom. The molecule has 0 saturated heterocycles. The van der Waals surface area contributed by atoms with Gasteiger partial charge < -0.3 is 19.7 Å². The molecule has 0 atom stereocenters. The van der Waals surface area contributed by atoms with E-state index in [0.717, 1.165) is 0 Å². The Labute approximate surface area is 166 Å². The highest BCUT2D eigenvalue weighted by Crippen LogP contribution is 2.31. The highest BCUT2D eigenvalue weighted by atomic mass is 16.5. The van der Waals surface area contributed by atoms with Gasteiger partial charge in [-0.1, -0.05) is 30.3 Å². The fourth-order valence-corrected chi connectivity index (χ4v) is 2.67. The van der Waals surface area contributed by atoms with Crippen LogP contribution in [-0.2, 0) is 19.1 Å². The number of imide groups is 1. The van der Waals surface area contributed by atoms with Crippen LogP contribution in [0.4, 0.5) is 16.2 Å². The van der Waals surface area contributed by atoms with Crippen LogP contribution in [0.1, 0.15) is 6.42 Å². The number of urea groups is 1. The number of esters is 1. The van der Waals surface area contributed by atoms with E-state index in [1.54, 1.807) is 54.6 Å². The molecule has 0 aromatic heterocycles. The molecule has 0 bridgehead atoms. The van der Waals surface area contributed by atoms with Crippen molar-refractivity contribution in [1.29, 1.82) is 0 Å². The fraction of sp³-hybridized carbons (Fsp3) is 0.200. The highest BCUT2D eigenvalue weighted by Gasteiger charge is 2.25. The summed E-state index contributed by atoms with van der Waals surface area (Å²) in [5.41, 5.74) is 1.09. The third-order valence-electron chi connectivity index (χ3n) is 4.00. The van der Waals surface area contributed by atoms with Crippen molar-refractivity contribution in [3.8, 4) is 5.75 Å². The first kappa shape index (κ1) is 19.9. The predicted octanol–water partition coefficient (Wildman–Crippen LogP) is 1.69. The van der Waals surface area contributed by atoms with E-state index in [2.05, 4.69) is 10.6 Å². The van der Waals surface area contributed by atoms with Gasteiger partial charge in [-0.05, 0) is 24.3 Å². The quantitative estimate of drug-likeness (QED) is 0.717. The Balaban J connectivity index is 1.41. The van der Waals surface area contributed by atoms with Gasteiger partial charge in [-0.15, -0.1) is 0 Å². The SMILES string of the molecule is O=C(COC(=O)CCN1C(=O)COc2ccccc21)NC(=O)Nc1ccccc1. The molecule has 9 heteroatoms. The van der Waals surface area contributed by atoms with Crippen LogP contribution in [0.15, 0.2) is 54.6 Å². The van der Waals surface area contributed by atoms with Gasteiger partial charge in [0.2, 0.25) is 0 Å². The minimum atomic E-state index is -0.764. The van der Waals surface area contributed by atoms with Gasteiger partial charge in [-0.25, -0.2) is 4.79 Å². The molecule has 3 rings (SSSR count). The number of nitrogens with zero attached hydrogens (tertiary/aromatic N) is 1. The summed E-state index contributed by atoms with van der Waals surface area (Å²) in [6, 6.07) is 14.8. The van der Waals surface area contributed by atoms with Crippen LogP contribution >= 0.6 is 0 Å². The van der Waals surface area contributed by atoms with Gasteiger partial charge >= 0.3 is 12.0 Å². The van der Waals surface area contributed by atoms with E-state index >= 15 is 0 Å². The van der Waals surface area contributed by atoms with Crippen LogP contribution < -0.4 is 20.3 Å². The molecule has 0 fully saturated rings. The number of para-hydroxylation sites is 3. The molecule has 0 spiro atoms. The molecule has 1 aliphatic rings. The summed E-state index contributed by atoms with van der Waals surface area (Å²) in [6.45, 7) is -0.617. The number of carbonyl (C=O) groups excluding carboxylic acids is 4. The molecule has 150 valence electrons. The van der Waals surface area contributed by atoms with Crippen molar-refractivity contribution >= 4 is 35.2 Å². The lowest BCUT2D eigenvalue weighted by molar-refractivity contribution is -0.148. The predicted molar refractivity (Wildman–Crippen MR) is 103 cm³/mol. The number of hydrogen-bond acceptors (Lipinski definition) is 6. The smallest absolute Gasteiger partial charge is 0.325 e. The van der Waals surface area contributed by atoms with Crippen molar-refractivity contribution in [2.45, 2.75) is 6.42 Å². The zero-order valence-electron chi connectivity index (χ0n) is 15.4. The van der Waals surface area contributed by atoms with Crippen molar-refractivity contribution < 1.29 is 28.7 Å². The van der Waals surface area contributed by atoms with Crippen molar-refractivity contribution in [2.24, 2.45) is 0 Å². The standard InChI is InChI=1S/C20H19N3O6/c24-17(22-20(27)21-14-6-2-1-3-7-14)12-29-19(26)10-11-23-15-8-4-5-9-16(15)28-13-18(23)25/h1-9H,10-13H2,(H2,21,22,24,27). The lowest BCUT2D eigenvalue weighted by Gasteiger charge is -2.28. The Hall–Kier alpha value is -3.88. The normalized spacial score (nSPS) is 12.4. The van der Waals surface area contributed by atoms with E-state index in [1.807, 2.05) is 0 Å². The molecule has 0 aliphatic carbocycles. The van der Waals surface area contributed by atoms with Gasteiger partial charge in [-0.3, -0.25) is 19.7 Å². The molecule has 1 heterocycles. The van der Waals surface area contributed by atoms with E-state index in [-0.39, 0.29) is 25.5 Å². The minimum Gasteiger partial charge on any atom is -0.482 e. The van der Waals surface area contributed by atoms with Crippen molar-refractivity contribution in [1.82, 2.24) is 5.32 Å². The number of amides is 4. The summed E-state index contributed by atoms with van der Waals surface area (Å²) in [6.07, 6.45) is -0.108. The summed E-state index contributed by atoms with van der Waals surface area (Å²) in [5, 5.41) is 4.54. The molecule has 2 aromatic carbocycles. The summed E-state index contributed by atoms with van der Waals surface area (Å²) in [4.78, 5) is 48.9. The molecule has 9 nitrogen and oxygen atoms in total. The Kier molecular flexibility index (Phi) is 6.41. The maximum Gasteiger partial charge on any atom is 0.325 e. The van der Waals surface area contributed by atoms with Gasteiger partial charge in [-0.2, -0.15) is 0 Å². The molecule has 1 aliphatic heterocycles. The first-order valence-electron chi connectivity index (χ1n) is 8.86. The zero-order chi connectivity index (χ0) is 20.6. The van der Waals surface area contributed by atoms with E-state index in [0.29, 0.717) is 17.1 Å². The monoisotopic (exact) mass is 397 g/mol. The van der Waals surface area contributed by atoms with Gasteiger partial charge in [0, 0.05) is 12.2 Å². The second kappa shape index (κ2) is 9.36. The van der Waals surface area contributed by atoms with E-state index in [1.165, 1.54) is 4.90 Å². The van der Waals surface area contributed by atoms with Crippen LogP contribution in [0.25, 0.3) is 0 Å². The molecule has 2 aromatic rings. The van der Waals surface area contributed by atoms with Crippen molar-refractivity contribution in [3.63, 3.8) is 0 Å². The lowest BCUT2D eigenvalue weighted by atomic mass is 10.2. The molecule has 0 saturated carbocycles. The molecule has 0 radical (unpaired) electrons. The number of anilines is 2. The Morgan fingerprint density at radius 2 is 1.76 bits per heavy atom. The van der Waals surface area contributed by atoms with Crippen molar-refractivity contribution in [2.75, 3.05) is 30.0 Å². The number of benzene rings is 2. The minimum absolute atomic E-state index is 0.0914. The summed E-state index contributed by atoms with van der Waals surface area (Å²) >= 11 is 0. The molecule has 0 unspecified atom stereocenters. The summed E-state index contributed by atoms with van der Waals surface area (Å²) < 4.78 is 10.2. The Morgan fingerprint density at radius 1 is 1.03 bits per heavy atom. The topological polar surface area (TPSA) is 114 Å². The van der Waals surface area contributed by atoms with Crippen molar-refractivity contribution in [3.05, 3.63) is 54.6 Å². The van der Waals surface area contributed by atoms with E-state index in [9.17, 15) is 19.2 Å². The Bertz CT molecular complexity index is 915. The number of rotatable bonds is 6. The first-order valence-corrected chi connectivity index (χ1v) is 8.86. The zero-order valence-corrected chi connectivity index (χ0v) is 15.4.